The van der Waals surface area contributed by atoms with E-state index in [9.17, 15) is 0 Å². The van der Waals surface area contributed by atoms with Gasteiger partial charge in [-0.25, -0.2) is 4.98 Å². The standard InChI is InChI=1S/C49H31N3S/c1-3-13-32(14-4-1)35-27-36(33-15-5-2-6-16-33)29-38(28-35)52-45-21-11-8-18-40(45)42-30-46-41(31-47(42)52)39-17-7-10-20-44(39)51(46)37-25-23-34(24-26-37)49-50-43-19-9-12-22-48(43)53-49/h1-31H. The molecule has 0 saturated heterocycles. The predicted octanol–water partition coefficient (Wildman–Crippen LogP) is 13.5. The zero-order valence-corrected chi connectivity index (χ0v) is 29.5. The maximum atomic E-state index is 4.92. The topological polar surface area (TPSA) is 22.8 Å². The van der Waals surface area contributed by atoms with Crippen LogP contribution in [0.1, 0.15) is 0 Å². The summed E-state index contributed by atoms with van der Waals surface area (Å²) in [7, 11) is 0. The molecule has 0 aliphatic heterocycles. The smallest absolute Gasteiger partial charge is 0.124 e. The van der Waals surface area contributed by atoms with Crippen molar-refractivity contribution in [2.45, 2.75) is 0 Å². The van der Waals surface area contributed by atoms with Gasteiger partial charge in [-0.15, -0.1) is 11.3 Å². The molecule has 0 saturated carbocycles. The molecule has 0 atom stereocenters. The minimum Gasteiger partial charge on any atom is -0.309 e. The van der Waals surface area contributed by atoms with Crippen molar-refractivity contribution in [2.24, 2.45) is 0 Å². The Morgan fingerprint density at radius 3 is 1.43 bits per heavy atom. The van der Waals surface area contributed by atoms with Gasteiger partial charge in [0, 0.05) is 38.5 Å². The lowest BCUT2D eigenvalue weighted by molar-refractivity contribution is 1.17. The fourth-order valence-corrected chi connectivity index (χ4v) is 9.04. The van der Waals surface area contributed by atoms with Gasteiger partial charge in [-0.1, -0.05) is 109 Å². The number of aromatic nitrogens is 3. The first kappa shape index (κ1) is 29.9. The number of hydrogen-bond donors (Lipinski definition) is 0. The number of thiazole rings is 1. The molecule has 3 heterocycles. The molecule has 3 nitrogen and oxygen atoms in total. The number of benzene rings is 8. The molecule has 248 valence electrons. The second-order valence-corrected chi connectivity index (χ2v) is 14.7. The third kappa shape index (κ3) is 4.84. The Morgan fingerprint density at radius 2 is 0.849 bits per heavy atom. The molecular weight excluding hydrogens is 663 g/mol. The largest absolute Gasteiger partial charge is 0.309 e. The van der Waals surface area contributed by atoms with Crippen LogP contribution in [0.15, 0.2) is 188 Å². The Kier molecular flexibility index (Phi) is 6.73. The number of hydrogen-bond acceptors (Lipinski definition) is 2. The van der Waals surface area contributed by atoms with Gasteiger partial charge in [-0.2, -0.15) is 0 Å². The Balaban J connectivity index is 1.15. The Bertz CT molecular complexity index is 3060. The van der Waals surface area contributed by atoms with Crippen LogP contribution in [0.4, 0.5) is 0 Å². The molecule has 8 aromatic carbocycles. The van der Waals surface area contributed by atoms with E-state index in [1.54, 1.807) is 11.3 Å². The summed E-state index contributed by atoms with van der Waals surface area (Å²) in [5, 5.41) is 5.98. The zero-order valence-electron chi connectivity index (χ0n) is 28.6. The van der Waals surface area contributed by atoms with Gasteiger partial charge in [0.2, 0.25) is 0 Å². The van der Waals surface area contributed by atoms with Crippen LogP contribution < -0.4 is 0 Å². The molecule has 53 heavy (non-hydrogen) atoms. The summed E-state index contributed by atoms with van der Waals surface area (Å²) in [6.07, 6.45) is 0. The average molecular weight is 694 g/mol. The molecular formula is C49H31N3S. The lowest BCUT2D eigenvalue weighted by atomic mass is 9.98. The fourth-order valence-electron chi connectivity index (χ4n) is 8.07. The molecule has 0 fully saturated rings. The molecule has 4 heteroatoms. The van der Waals surface area contributed by atoms with E-state index in [4.69, 9.17) is 4.98 Å². The van der Waals surface area contributed by atoms with Crippen molar-refractivity contribution in [3.63, 3.8) is 0 Å². The van der Waals surface area contributed by atoms with Gasteiger partial charge in [0.1, 0.15) is 5.01 Å². The lowest BCUT2D eigenvalue weighted by Gasteiger charge is -2.14. The molecule has 11 rings (SSSR count). The van der Waals surface area contributed by atoms with Gasteiger partial charge in [0.25, 0.3) is 0 Å². The van der Waals surface area contributed by atoms with Gasteiger partial charge in [0.05, 0.1) is 32.3 Å². The Morgan fingerprint density at radius 1 is 0.340 bits per heavy atom. The number of rotatable bonds is 5. The van der Waals surface area contributed by atoms with E-state index in [1.807, 2.05) is 0 Å². The van der Waals surface area contributed by atoms with Gasteiger partial charge >= 0.3 is 0 Å². The van der Waals surface area contributed by atoms with Crippen molar-refractivity contribution in [1.29, 1.82) is 0 Å². The van der Waals surface area contributed by atoms with Crippen molar-refractivity contribution in [2.75, 3.05) is 0 Å². The highest BCUT2D eigenvalue weighted by Gasteiger charge is 2.19. The first-order valence-electron chi connectivity index (χ1n) is 18.0. The molecule has 0 N–H and O–H groups in total. The molecule has 0 unspecified atom stereocenters. The summed E-state index contributed by atoms with van der Waals surface area (Å²) in [6.45, 7) is 0. The number of nitrogens with zero attached hydrogens (tertiary/aromatic N) is 3. The van der Waals surface area contributed by atoms with E-state index in [0.29, 0.717) is 0 Å². The molecule has 0 aliphatic carbocycles. The van der Waals surface area contributed by atoms with Crippen LogP contribution >= 0.6 is 11.3 Å². The Labute approximate surface area is 310 Å². The normalized spacial score (nSPS) is 11.8. The van der Waals surface area contributed by atoms with E-state index < -0.39 is 0 Å². The highest BCUT2D eigenvalue weighted by molar-refractivity contribution is 7.21. The maximum absolute atomic E-state index is 4.92. The van der Waals surface area contributed by atoms with E-state index >= 15 is 0 Å². The number of para-hydroxylation sites is 3. The van der Waals surface area contributed by atoms with Crippen LogP contribution in [-0.4, -0.2) is 14.1 Å². The van der Waals surface area contributed by atoms with Crippen LogP contribution in [0, 0.1) is 0 Å². The fraction of sp³-hybridized carbons (Fsp3) is 0. The number of fused-ring (bicyclic) bond motifs is 7. The second-order valence-electron chi connectivity index (χ2n) is 13.6. The maximum Gasteiger partial charge on any atom is 0.124 e. The van der Waals surface area contributed by atoms with E-state index in [-0.39, 0.29) is 0 Å². The molecule has 3 aromatic heterocycles. The highest BCUT2D eigenvalue weighted by atomic mass is 32.1. The molecule has 0 amide bonds. The first-order chi connectivity index (χ1) is 26.3. The summed E-state index contributed by atoms with van der Waals surface area (Å²) in [6, 6.07) is 68.1. The third-order valence-electron chi connectivity index (χ3n) is 10.5. The summed E-state index contributed by atoms with van der Waals surface area (Å²) < 4.78 is 6.09. The van der Waals surface area contributed by atoms with Crippen LogP contribution in [0.3, 0.4) is 0 Å². The van der Waals surface area contributed by atoms with Crippen molar-refractivity contribution in [1.82, 2.24) is 14.1 Å². The van der Waals surface area contributed by atoms with Crippen molar-refractivity contribution in [3.05, 3.63) is 188 Å². The van der Waals surface area contributed by atoms with Gasteiger partial charge in [-0.3, -0.25) is 0 Å². The monoisotopic (exact) mass is 693 g/mol. The van der Waals surface area contributed by atoms with Crippen molar-refractivity contribution in [3.8, 4) is 44.2 Å². The van der Waals surface area contributed by atoms with Gasteiger partial charge in [0.15, 0.2) is 0 Å². The average Bonchev–Trinajstić information content (AvgIpc) is 3.91. The Hall–Kier alpha value is -6.75. The molecule has 0 spiro atoms. The minimum atomic E-state index is 1.04. The summed E-state index contributed by atoms with van der Waals surface area (Å²) >= 11 is 1.74. The van der Waals surface area contributed by atoms with E-state index in [0.717, 1.165) is 27.5 Å². The van der Waals surface area contributed by atoms with Gasteiger partial charge in [-0.05, 0) is 101 Å². The summed E-state index contributed by atoms with van der Waals surface area (Å²) in [5.41, 5.74) is 14.0. The SMILES string of the molecule is c1ccc(-c2cc(-c3ccccc3)cc(-n3c4ccccc4c4cc5c(cc43)c3ccccc3n5-c3ccc(-c4nc5ccccc5s4)cc3)c2)cc1. The van der Waals surface area contributed by atoms with Crippen LogP contribution in [0.2, 0.25) is 0 Å². The third-order valence-corrected chi connectivity index (χ3v) is 11.6. The van der Waals surface area contributed by atoms with Crippen LogP contribution in [-0.2, 0) is 0 Å². The molecule has 0 aliphatic rings. The van der Waals surface area contributed by atoms with Crippen LogP contribution in [0.5, 0.6) is 0 Å². The highest BCUT2D eigenvalue weighted by Crippen LogP contribution is 2.41. The molecule has 0 bridgehead atoms. The van der Waals surface area contributed by atoms with Crippen molar-refractivity contribution < 1.29 is 0 Å². The van der Waals surface area contributed by atoms with Crippen molar-refractivity contribution >= 4 is 65.2 Å². The van der Waals surface area contributed by atoms with Gasteiger partial charge < -0.3 is 9.13 Å². The second kappa shape index (κ2) is 11.9. The summed E-state index contributed by atoms with van der Waals surface area (Å²) in [5.74, 6) is 0. The predicted molar refractivity (Wildman–Crippen MR) is 225 cm³/mol. The van der Waals surface area contributed by atoms with E-state index in [1.165, 1.54) is 70.6 Å². The molecule has 11 aromatic rings. The zero-order chi connectivity index (χ0) is 34.9. The quantitative estimate of drug-likeness (QED) is 0.176. The van der Waals surface area contributed by atoms with Crippen LogP contribution in [0.25, 0.3) is 98.0 Å². The first-order valence-corrected chi connectivity index (χ1v) is 18.8. The lowest BCUT2D eigenvalue weighted by Crippen LogP contribution is -1.96. The molecule has 0 radical (unpaired) electrons. The minimum absolute atomic E-state index is 1.04. The summed E-state index contributed by atoms with van der Waals surface area (Å²) in [4.78, 5) is 4.92. The van der Waals surface area contributed by atoms with E-state index in [2.05, 4.69) is 197 Å².